The van der Waals surface area contributed by atoms with Gasteiger partial charge in [0.1, 0.15) is 0 Å². The number of carbonyl (C=O) groups excluding carboxylic acids is 2. The molecule has 6 heteroatoms. The normalized spacial score (nSPS) is 21.3. The number of nitrogens with zero attached hydrogens (tertiary/aromatic N) is 3. The van der Waals surface area contributed by atoms with Crippen molar-refractivity contribution in [2.75, 3.05) is 19.6 Å². The van der Waals surface area contributed by atoms with Crippen LogP contribution in [0.5, 0.6) is 0 Å². The van der Waals surface area contributed by atoms with E-state index in [1.54, 1.807) is 11.8 Å². The number of rotatable bonds is 6. The molecule has 1 saturated heterocycles. The molecular weight excluding hydrogens is 292 g/mol. The molecular formula is C17H26N4O2. The van der Waals surface area contributed by atoms with Crippen LogP contribution in [0.25, 0.3) is 0 Å². The summed E-state index contributed by atoms with van der Waals surface area (Å²) in [6.45, 7) is 4.43. The fourth-order valence-corrected chi connectivity index (χ4v) is 3.32. The van der Waals surface area contributed by atoms with Gasteiger partial charge in [0.25, 0.3) is 0 Å². The summed E-state index contributed by atoms with van der Waals surface area (Å²) >= 11 is 0. The molecule has 23 heavy (non-hydrogen) atoms. The molecule has 0 bridgehead atoms. The van der Waals surface area contributed by atoms with Crippen molar-refractivity contribution in [3.05, 3.63) is 18.0 Å². The second-order valence-electron chi connectivity index (χ2n) is 6.70. The fraction of sp³-hybridized carbons (Fsp3) is 0.706. The van der Waals surface area contributed by atoms with Gasteiger partial charge in [-0.15, -0.1) is 0 Å². The first-order valence-electron chi connectivity index (χ1n) is 8.70. The van der Waals surface area contributed by atoms with Crippen LogP contribution in [0.1, 0.15) is 50.6 Å². The smallest absolute Gasteiger partial charge is 0.224 e. The lowest BCUT2D eigenvalue weighted by atomic mass is 9.97. The number of aromatic nitrogens is 2. The van der Waals surface area contributed by atoms with Gasteiger partial charge in [0.15, 0.2) is 0 Å². The van der Waals surface area contributed by atoms with Crippen LogP contribution in [0.15, 0.2) is 12.3 Å². The molecule has 126 valence electrons. The molecule has 1 unspecified atom stereocenters. The van der Waals surface area contributed by atoms with Gasteiger partial charge in [-0.2, -0.15) is 5.10 Å². The van der Waals surface area contributed by atoms with Crippen LogP contribution in [0, 0.1) is 5.92 Å². The molecule has 2 heterocycles. The summed E-state index contributed by atoms with van der Waals surface area (Å²) in [5, 5.41) is 7.39. The van der Waals surface area contributed by atoms with Gasteiger partial charge < -0.3 is 10.2 Å². The first-order chi connectivity index (χ1) is 11.1. The lowest BCUT2D eigenvalue weighted by Crippen LogP contribution is -2.44. The Morgan fingerprint density at radius 1 is 1.35 bits per heavy atom. The molecule has 0 spiro atoms. The van der Waals surface area contributed by atoms with Gasteiger partial charge in [0.2, 0.25) is 11.8 Å². The van der Waals surface area contributed by atoms with Crippen molar-refractivity contribution in [3.63, 3.8) is 0 Å². The highest BCUT2D eigenvalue weighted by atomic mass is 16.2. The van der Waals surface area contributed by atoms with Gasteiger partial charge in [0.05, 0.1) is 5.92 Å². The van der Waals surface area contributed by atoms with Crippen LogP contribution in [0.3, 0.4) is 0 Å². The Morgan fingerprint density at radius 2 is 2.17 bits per heavy atom. The average molecular weight is 318 g/mol. The monoisotopic (exact) mass is 318 g/mol. The van der Waals surface area contributed by atoms with Crippen LogP contribution >= 0.6 is 0 Å². The Balaban J connectivity index is 1.39. The number of amides is 2. The number of hydrogen-bond acceptors (Lipinski definition) is 3. The quantitative estimate of drug-likeness (QED) is 0.809. The number of carbonyl (C=O) groups is 2. The Morgan fingerprint density at radius 3 is 2.91 bits per heavy atom. The minimum atomic E-state index is -0.0561. The minimum absolute atomic E-state index is 0.0561. The molecule has 2 fully saturated rings. The minimum Gasteiger partial charge on any atom is -0.356 e. The van der Waals surface area contributed by atoms with Crippen molar-refractivity contribution in [3.8, 4) is 0 Å². The molecule has 2 amide bonds. The maximum atomic E-state index is 12.2. The van der Waals surface area contributed by atoms with Crippen molar-refractivity contribution < 1.29 is 9.59 Å². The summed E-state index contributed by atoms with van der Waals surface area (Å²) in [4.78, 5) is 25.5. The van der Waals surface area contributed by atoms with Gasteiger partial charge in [0, 0.05) is 50.9 Å². The molecule has 0 aromatic carbocycles. The Hall–Kier alpha value is -1.85. The van der Waals surface area contributed by atoms with E-state index in [1.165, 1.54) is 18.5 Å². The zero-order valence-electron chi connectivity index (χ0n) is 13.8. The van der Waals surface area contributed by atoms with Gasteiger partial charge >= 0.3 is 0 Å². The van der Waals surface area contributed by atoms with Crippen molar-refractivity contribution in [2.45, 2.75) is 51.5 Å². The zero-order valence-corrected chi connectivity index (χ0v) is 13.8. The van der Waals surface area contributed by atoms with Crippen molar-refractivity contribution in [1.29, 1.82) is 0 Å². The molecule has 0 radical (unpaired) electrons. The van der Waals surface area contributed by atoms with E-state index in [0.717, 1.165) is 32.4 Å². The summed E-state index contributed by atoms with van der Waals surface area (Å²) < 4.78 is 2.07. The summed E-state index contributed by atoms with van der Waals surface area (Å²) in [5.41, 5.74) is 1.33. The van der Waals surface area contributed by atoms with E-state index in [2.05, 4.69) is 21.2 Å². The van der Waals surface area contributed by atoms with Crippen LogP contribution in [-0.2, 0) is 16.1 Å². The highest BCUT2D eigenvalue weighted by Crippen LogP contribution is 2.39. The molecule has 1 aromatic heterocycles. The van der Waals surface area contributed by atoms with E-state index < -0.39 is 0 Å². The summed E-state index contributed by atoms with van der Waals surface area (Å²) in [7, 11) is 0. The van der Waals surface area contributed by atoms with E-state index in [9.17, 15) is 9.59 Å². The number of piperidine rings is 1. The van der Waals surface area contributed by atoms with E-state index in [4.69, 9.17) is 0 Å². The molecule has 1 aromatic rings. The predicted molar refractivity (Wildman–Crippen MR) is 86.8 cm³/mol. The number of aryl methyl sites for hydroxylation is 1. The Labute approximate surface area is 137 Å². The zero-order chi connectivity index (χ0) is 16.2. The Kier molecular flexibility index (Phi) is 4.98. The van der Waals surface area contributed by atoms with Crippen LogP contribution in [0.4, 0.5) is 0 Å². The average Bonchev–Trinajstić information content (AvgIpc) is 3.30. The first kappa shape index (κ1) is 16.0. The maximum Gasteiger partial charge on any atom is 0.224 e. The van der Waals surface area contributed by atoms with Gasteiger partial charge in [-0.1, -0.05) is 0 Å². The topological polar surface area (TPSA) is 67.2 Å². The molecule has 1 saturated carbocycles. The van der Waals surface area contributed by atoms with Gasteiger partial charge in [-0.25, -0.2) is 0 Å². The summed E-state index contributed by atoms with van der Waals surface area (Å²) in [6.07, 6.45) is 7.09. The van der Waals surface area contributed by atoms with Gasteiger partial charge in [-0.05, 0) is 38.2 Å². The molecule has 1 atom stereocenters. The van der Waals surface area contributed by atoms with Crippen molar-refractivity contribution in [1.82, 2.24) is 20.0 Å². The standard InChI is InChI=1S/C17H26N4O2/c1-13(22)20-10-2-4-15(12-20)17(23)18-8-3-11-21-16(7-9-19-21)14-5-6-14/h7,9,14-15H,2-6,8,10-12H2,1H3,(H,18,23). The molecule has 1 aliphatic heterocycles. The first-order valence-corrected chi connectivity index (χ1v) is 8.70. The highest BCUT2D eigenvalue weighted by molar-refractivity contribution is 5.80. The largest absolute Gasteiger partial charge is 0.356 e. The molecule has 6 nitrogen and oxygen atoms in total. The second kappa shape index (κ2) is 7.15. The third-order valence-corrected chi connectivity index (χ3v) is 4.83. The van der Waals surface area contributed by atoms with E-state index >= 15 is 0 Å². The maximum absolute atomic E-state index is 12.2. The van der Waals surface area contributed by atoms with Gasteiger partial charge in [-0.3, -0.25) is 14.3 Å². The SMILES string of the molecule is CC(=O)N1CCCC(C(=O)NCCCn2nccc2C2CC2)C1. The van der Waals surface area contributed by atoms with E-state index in [0.29, 0.717) is 19.0 Å². The molecule has 3 rings (SSSR count). The summed E-state index contributed by atoms with van der Waals surface area (Å²) in [6, 6.07) is 2.11. The number of likely N-dealkylation sites (tertiary alicyclic amines) is 1. The molecule has 1 N–H and O–H groups in total. The van der Waals surface area contributed by atoms with Crippen LogP contribution < -0.4 is 5.32 Å². The van der Waals surface area contributed by atoms with Crippen molar-refractivity contribution >= 4 is 11.8 Å². The molecule has 2 aliphatic rings. The highest BCUT2D eigenvalue weighted by Gasteiger charge is 2.27. The summed E-state index contributed by atoms with van der Waals surface area (Å²) in [5.74, 6) is 0.791. The van der Waals surface area contributed by atoms with Crippen LogP contribution in [0.2, 0.25) is 0 Å². The third-order valence-electron chi connectivity index (χ3n) is 4.83. The fourth-order valence-electron chi connectivity index (χ4n) is 3.32. The van der Waals surface area contributed by atoms with Crippen molar-refractivity contribution in [2.24, 2.45) is 5.92 Å². The van der Waals surface area contributed by atoms with Crippen LogP contribution in [-0.4, -0.2) is 46.1 Å². The van der Waals surface area contributed by atoms with E-state index in [1.807, 2.05) is 6.20 Å². The third kappa shape index (κ3) is 4.12. The Bertz CT molecular complexity index is 565. The predicted octanol–water partition coefficient (Wildman–Crippen LogP) is 1.53. The lowest BCUT2D eigenvalue weighted by molar-refractivity contribution is -0.133. The molecule has 1 aliphatic carbocycles. The van der Waals surface area contributed by atoms with E-state index in [-0.39, 0.29) is 17.7 Å². The lowest BCUT2D eigenvalue weighted by Gasteiger charge is -2.31. The second-order valence-corrected chi connectivity index (χ2v) is 6.70. The number of hydrogen-bond donors (Lipinski definition) is 1. The number of nitrogens with one attached hydrogen (secondary N) is 1.